The van der Waals surface area contributed by atoms with Crippen LogP contribution in [0.5, 0.6) is 5.88 Å². The van der Waals surface area contributed by atoms with E-state index in [0.717, 1.165) is 30.9 Å². The predicted molar refractivity (Wildman–Crippen MR) is 76.8 cm³/mol. The van der Waals surface area contributed by atoms with E-state index in [1.807, 2.05) is 25.3 Å². The second-order valence-corrected chi connectivity index (χ2v) is 4.72. The van der Waals surface area contributed by atoms with Crippen molar-refractivity contribution in [3.63, 3.8) is 0 Å². The molecule has 0 saturated carbocycles. The molecule has 20 heavy (non-hydrogen) atoms. The normalized spacial score (nSPS) is 18.2. The molecule has 104 valence electrons. The first-order chi connectivity index (χ1) is 9.90. The van der Waals surface area contributed by atoms with E-state index in [-0.39, 0.29) is 6.04 Å². The van der Waals surface area contributed by atoms with Crippen molar-refractivity contribution in [2.75, 3.05) is 18.1 Å². The first-order valence-electron chi connectivity index (χ1n) is 7.01. The standard InChI is InChI=1S/C15H18N4O/c1-2-20-15-14(17-9-10-18-15)19-11-5-7-13(19)12-6-3-4-8-16-12/h3-4,6,8-10,13H,2,5,7,11H2,1H3. The lowest BCUT2D eigenvalue weighted by Gasteiger charge is -2.26. The Morgan fingerprint density at radius 3 is 2.90 bits per heavy atom. The van der Waals surface area contributed by atoms with Gasteiger partial charge in [0.05, 0.1) is 18.3 Å². The minimum absolute atomic E-state index is 0.257. The van der Waals surface area contributed by atoms with Gasteiger partial charge in [0.1, 0.15) is 0 Å². The average molecular weight is 270 g/mol. The number of pyridine rings is 1. The van der Waals surface area contributed by atoms with Crippen molar-refractivity contribution in [1.29, 1.82) is 0 Å². The van der Waals surface area contributed by atoms with Gasteiger partial charge in [0.2, 0.25) is 0 Å². The summed E-state index contributed by atoms with van der Waals surface area (Å²) < 4.78 is 5.60. The van der Waals surface area contributed by atoms with Crippen molar-refractivity contribution < 1.29 is 4.74 Å². The number of hydrogen-bond acceptors (Lipinski definition) is 5. The Morgan fingerprint density at radius 2 is 2.10 bits per heavy atom. The van der Waals surface area contributed by atoms with Crippen LogP contribution in [0.15, 0.2) is 36.8 Å². The van der Waals surface area contributed by atoms with Gasteiger partial charge in [-0.25, -0.2) is 9.97 Å². The van der Waals surface area contributed by atoms with E-state index in [1.165, 1.54) is 0 Å². The molecule has 0 bridgehead atoms. The molecular formula is C15H18N4O. The monoisotopic (exact) mass is 270 g/mol. The summed E-state index contributed by atoms with van der Waals surface area (Å²) in [5.74, 6) is 1.43. The van der Waals surface area contributed by atoms with Gasteiger partial charge in [-0.1, -0.05) is 6.07 Å². The number of ether oxygens (including phenoxy) is 1. The quantitative estimate of drug-likeness (QED) is 0.854. The second kappa shape index (κ2) is 5.86. The van der Waals surface area contributed by atoms with Crippen LogP contribution in [0.4, 0.5) is 5.82 Å². The minimum atomic E-state index is 0.257. The topological polar surface area (TPSA) is 51.1 Å². The van der Waals surface area contributed by atoms with Crippen molar-refractivity contribution in [1.82, 2.24) is 15.0 Å². The minimum Gasteiger partial charge on any atom is -0.475 e. The fourth-order valence-electron chi connectivity index (χ4n) is 2.65. The average Bonchev–Trinajstić information content (AvgIpc) is 2.98. The summed E-state index contributed by atoms with van der Waals surface area (Å²) in [6.07, 6.45) is 7.43. The van der Waals surface area contributed by atoms with E-state index in [1.54, 1.807) is 12.4 Å². The number of aromatic nitrogens is 3. The van der Waals surface area contributed by atoms with E-state index >= 15 is 0 Å². The van der Waals surface area contributed by atoms with Crippen molar-refractivity contribution in [3.05, 3.63) is 42.5 Å². The number of anilines is 1. The Bertz CT molecular complexity index is 561. The lowest BCUT2D eigenvalue weighted by atomic mass is 10.1. The lowest BCUT2D eigenvalue weighted by Crippen LogP contribution is -2.25. The summed E-state index contributed by atoms with van der Waals surface area (Å²) in [5, 5.41) is 0. The SMILES string of the molecule is CCOc1nccnc1N1CCCC1c1ccccn1. The van der Waals surface area contributed by atoms with Gasteiger partial charge in [0.25, 0.3) is 5.88 Å². The summed E-state index contributed by atoms with van der Waals surface area (Å²) >= 11 is 0. The molecule has 1 fully saturated rings. The van der Waals surface area contributed by atoms with Gasteiger partial charge in [-0.3, -0.25) is 4.98 Å². The number of rotatable bonds is 4. The number of hydrogen-bond donors (Lipinski definition) is 0. The van der Waals surface area contributed by atoms with Gasteiger partial charge >= 0.3 is 0 Å². The third kappa shape index (κ3) is 2.43. The Labute approximate surface area is 118 Å². The van der Waals surface area contributed by atoms with Crippen LogP contribution in [0, 0.1) is 0 Å². The molecule has 0 aromatic carbocycles. The summed E-state index contributed by atoms with van der Waals surface area (Å²) in [6.45, 7) is 3.51. The predicted octanol–water partition coefficient (Wildman–Crippen LogP) is 2.61. The van der Waals surface area contributed by atoms with Crippen LogP contribution in [0.25, 0.3) is 0 Å². The van der Waals surface area contributed by atoms with Gasteiger partial charge in [0, 0.05) is 25.1 Å². The van der Waals surface area contributed by atoms with E-state index in [9.17, 15) is 0 Å². The molecule has 0 radical (unpaired) electrons. The lowest BCUT2D eigenvalue weighted by molar-refractivity contribution is 0.325. The maximum absolute atomic E-state index is 5.60. The molecule has 0 N–H and O–H groups in total. The highest BCUT2D eigenvalue weighted by atomic mass is 16.5. The van der Waals surface area contributed by atoms with E-state index in [4.69, 9.17) is 4.74 Å². The summed E-state index contributed by atoms with van der Waals surface area (Å²) in [7, 11) is 0. The molecule has 5 nitrogen and oxygen atoms in total. The zero-order valence-electron chi connectivity index (χ0n) is 11.6. The van der Waals surface area contributed by atoms with Crippen LogP contribution in [-0.2, 0) is 0 Å². The van der Waals surface area contributed by atoms with Crippen molar-refractivity contribution >= 4 is 5.82 Å². The highest BCUT2D eigenvalue weighted by molar-refractivity contribution is 5.50. The molecular weight excluding hydrogens is 252 g/mol. The molecule has 2 aromatic rings. The van der Waals surface area contributed by atoms with Gasteiger partial charge in [-0.2, -0.15) is 0 Å². The third-order valence-corrected chi connectivity index (χ3v) is 3.48. The second-order valence-electron chi connectivity index (χ2n) is 4.72. The van der Waals surface area contributed by atoms with Gasteiger partial charge in [-0.05, 0) is 31.9 Å². The van der Waals surface area contributed by atoms with Crippen LogP contribution in [-0.4, -0.2) is 28.1 Å². The zero-order chi connectivity index (χ0) is 13.8. The molecule has 1 atom stereocenters. The van der Waals surface area contributed by atoms with Crippen molar-refractivity contribution in [2.45, 2.75) is 25.8 Å². The molecule has 3 rings (SSSR count). The summed E-state index contributed by atoms with van der Waals surface area (Å²) in [6, 6.07) is 6.29. The molecule has 3 heterocycles. The molecule has 0 amide bonds. The van der Waals surface area contributed by atoms with E-state index in [0.29, 0.717) is 12.5 Å². The zero-order valence-corrected chi connectivity index (χ0v) is 11.6. The molecule has 2 aromatic heterocycles. The molecule has 1 unspecified atom stereocenters. The molecule has 5 heteroatoms. The van der Waals surface area contributed by atoms with E-state index < -0.39 is 0 Å². The smallest absolute Gasteiger partial charge is 0.257 e. The molecule has 0 spiro atoms. The summed E-state index contributed by atoms with van der Waals surface area (Å²) in [4.78, 5) is 15.5. The Balaban J connectivity index is 1.93. The van der Waals surface area contributed by atoms with Crippen LogP contribution in [0.1, 0.15) is 31.5 Å². The number of nitrogens with zero attached hydrogens (tertiary/aromatic N) is 4. The van der Waals surface area contributed by atoms with Gasteiger partial charge < -0.3 is 9.64 Å². The van der Waals surface area contributed by atoms with Crippen LogP contribution < -0.4 is 9.64 Å². The molecule has 1 aliphatic rings. The highest BCUT2D eigenvalue weighted by Gasteiger charge is 2.30. The van der Waals surface area contributed by atoms with E-state index in [2.05, 4.69) is 25.9 Å². The van der Waals surface area contributed by atoms with Crippen molar-refractivity contribution in [3.8, 4) is 5.88 Å². The van der Waals surface area contributed by atoms with Gasteiger partial charge in [-0.15, -0.1) is 0 Å². The Hall–Kier alpha value is -2.17. The Morgan fingerprint density at radius 1 is 1.20 bits per heavy atom. The van der Waals surface area contributed by atoms with Crippen LogP contribution >= 0.6 is 0 Å². The largest absolute Gasteiger partial charge is 0.475 e. The first-order valence-corrected chi connectivity index (χ1v) is 7.01. The Kier molecular flexibility index (Phi) is 3.76. The van der Waals surface area contributed by atoms with Crippen LogP contribution in [0.3, 0.4) is 0 Å². The van der Waals surface area contributed by atoms with Crippen molar-refractivity contribution in [2.24, 2.45) is 0 Å². The fraction of sp³-hybridized carbons (Fsp3) is 0.400. The highest BCUT2D eigenvalue weighted by Crippen LogP contribution is 2.37. The first kappa shape index (κ1) is 12.8. The van der Waals surface area contributed by atoms with Crippen LogP contribution in [0.2, 0.25) is 0 Å². The molecule has 1 aliphatic heterocycles. The molecule has 1 saturated heterocycles. The molecule has 0 aliphatic carbocycles. The third-order valence-electron chi connectivity index (χ3n) is 3.48. The van der Waals surface area contributed by atoms with Gasteiger partial charge in [0.15, 0.2) is 5.82 Å². The maximum Gasteiger partial charge on any atom is 0.257 e. The fourth-order valence-corrected chi connectivity index (χ4v) is 2.65. The maximum atomic E-state index is 5.60. The summed E-state index contributed by atoms with van der Waals surface area (Å²) in [5.41, 5.74) is 1.08.